The third-order valence-corrected chi connectivity index (χ3v) is 2.31. The molecule has 5 nitrogen and oxygen atoms in total. The van der Waals surface area contributed by atoms with Gasteiger partial charge in [-0.3, -0.25) is 0 Å². The Kier molecular flexibility index (Phi) is 2.78. The number of ether oxygens (including phenoxy) is 1. The molecule has 0 aromatic rings. The maximum Gasteiger partial charge on any atom is 0.338 e. The van der Waals surface area contributed by atoms with Gasteiger partial charge in [-0.15, -0.1) is 0 Å². The monoisotopic (exact) mass is 215 g/mol. The van der Waals surface area contributed by atoms with E-state index in [0.29, 0.717) is 12.8 Å². The molecule has 1 aliphatic rings. The lowest BCUT2D eigenvalue weighted by atomic mass is 9.94. The number of carboxylic acid groups (broad SMARTS) is 1. The fraction of sp³-hybridized carbons (Fsp3) is 0.800. The minimum absolute atomic E-state index is 0.287. The number of carbonyl (C=O) groups excluding carboxylic acids is 1. The number of hydrogen-bond acceptors (Lipinski definition) is 4. The largest absolute Gasteiger partial charge is 0.479 e. The van der Waals surface area contributed by atoms with Gasteiger partial charge in [0.2, 0.25) is 5.54 Å². The van der Waals surface area contributed by atoms with Gasteiger partial charge in [-0.1, -0.05) is 0 Å². The summed E-state index contributed by atoms with van der Waals surface area (Å²) in [5.41, 5.74) is 3.04. The molecule has 86 valence electrons. The van der Waals surface area contributed by atoms with Crippen molar-refractivity contribution in [3.63, 3.8) is 0 Å². The van der Waals surface area contributed by atoms with Gasteiger partial charge in [0.05, 0.1) is 0 Å². The van der Waals surface area contributed by atoms with Crippen LogP contribution < -0.4 is 5.73 Å². The zero-order chi connectivity index (χ0) is 11.9. The van der Waals surface area contributed by atoms with Crippen molar-refractivity contribution in [3.05, 3.63) is 0 Å². The van der Waals surface area contributed by atoms with Crippen molar-refractivity contribution in [2.24, 2.45) is 11.7 Å². The lowest BCUT2D eigenvalue weighted by Crippen LogP contribution is -2.58. The Hall–Kier alpha value is -1.10. The molecule has 0 bridgehead atoms. The molecule has 0 aliphatic heterocycles. The molecule has 1 rings (SSSR count). The van der Waals surface area contributed by atoms with Crippen molar-refractivity contribution < 1.29 is 19.4 Å². The molecule has 0 unspecified atom stereocenters. The van der Waals surface area contributed by atoms with Gasteiger partial charge in [-0.25, -0.2) is 9.59 Å². The second-order valence-electron chi connectivity index (χ2n) is 4.95. The summed E-state index contributed by atoms with van der Waals surface area (Å²) in [6.45, 7) is 5.04. The molecule has 0 aromatic heterocycles. The minimum atomic E-state index is -1.87. The van der Waals surface area contributed by atoms with E-state index in [4.69, 9.17) is 15.6 Å². The van der Waals surface area contributed by atoms with Crippen LogP contribution >= 0.6 is 0 Å². The number of carbonyl (C=O) groups is 2. The van der Waals surface area contributed by atoms with E-state index in [2.05, 4.69) is 0 Å². The van der Waals surface area contributed by atoms with Crippen LogP contribution in [0.4, 0.5) is 0 Å². The van der Waals surface area contributed by atoms with Gasteiger partial charge in [-0.2, -0.15) is 0 Å². The summed E-state index contributed by atoms with van der Waals surface area (Å²) in [6, 6.07) is 0. The lowest BCUT2D eigenvalue weighted by molar-refractivity contribution is -0.170. The average molecular weight is 215 g/mol. The van der Waals surface area contributed by atoms with Crippen LogP contribution in [0.1, 0.15) is 33.6 Å². The highest BCUT2D eigenvalue weighted by Gasteiger charge is 2.56. The minimum Gasteiger partial charge on any atom is -0.479 e. The Labute approximate surface area is 88.6 Å². The van der Waals surface area contributed by atoms with E-state index >= 15 is 0 Å². The first-order valence-corrected chi connectivity index (χ1v) is 4.93. The van der Waals surface area contributed by atoms with Crippen molar-refractivity contribution in [2.75, 3.05) is 0 Å². The first kappa shape index (κ1) is 12.0. The molecule has 0 amide bonds. The Morgan fingerprint density at radius 2 is 1.80 bits per heavy atom. The molecule has 0 spiro atoms. The number of esters is 1. The fourth-order valence-corrected chi connectivity index (χ4v) is 1.33. The molecule has 1 saturated carbocycles. The van der Waals surface area contributed by atoms with E-state index in [1.807, 2.05) is 0 Å². The molecule has 15 heavy (non-hydrogen) atoms. The van der Waals surface area contributed by atoms with Gasteiger partial charge < -0.3 is 15.6 Å². The first-order chi connectivity index (χ1) is 6.68. The predicted octanol–water partition coefficient (Wildman–Crippen LogP) is 0.520. The smallest absolute Gasteiger partial charge is 0.338 e. The van der Waals surface area contributed by atoms with Crippen LogP contribution in [0.3, 0.4) is 0 Å². The Morgan fingerprint density at radius 3 is 2.07 bits per heavy atom. The molecule has 0 heterocycles. The van der Waals surface area contributed by atoms with Crippen LogP contribution in [0.2, 0.25) is 0 Å². The molecular weight excluding hydrogens is 198 g/mol. The molecule has 0 saturated heterocycles. The topological polar surface area (TPSA) is 89.6 Å². The Bertz CT molecular complexity index is 290. The molecule has 5 heteroatoms. The summed E-state index contributed by atoms with van der Waals surface area (Å²) in [4.78, 5) is 22.7. The third kappa shape index (κ3) is 2.47. The van der Waals surface area contributed by atoms with Crippen molar-refractivity contribution in [2.45, 2.75) is 44.8 Å². The number of rotatable bonds is 3. The van der Waals surface area contributed by atoms with Gasteiger partial charge in [0.25, 0.3) is 0 Å². The van der Waals surface area contributed by atoms with Crippen LogP contribution in [0.25, 0.3) is 0 Å². The van der Waals surface area contributed by atoms with Crippen molar-refractivity contribution in [3.8, 4) is 0 Å². The molecular formula is C10H17NO4. The van der Waals surface area contributed by atoms with E-state index in [1.54, 1.807) is 20.8 Å². The normalized spacial score (nSPS) is 20.5. The molecule has 1 fully saturated rings. The SMILES string of the molecule is CC(C)(C)OC(=O)[C@@](N)(C(=O)O)C1CC1. The number of hydrogen-bond donors (Lipinski definition) is 2. The van der Waals surface area contributed by atoms with E-state index < -0.39 is 23.1 Å². The van der Waals surface area contributed by atoms with Crippen LogP contribution in [-0.4, -0.2) is 28.2 Å². The van der Waals surface area contributed by atoms with Gasteiger partial charge >= 0.3 is 11.9 Å². The quantitative estimate of drug-likeness (QED) is 0.529. The van der Waals surface area contributed by atoms with Gasteiger partial charge in [0.1, 0.15) is 5.60 Å². The average Bonchev–Trinajstić information content (AvgIpc) is 2.80. The van der Waals surface area contributed by atoms with E-state index in [0.717, 1.165) is 0 Å². The van der Waals surface area contributed by atoms with E-state index in [1.165, 1.54) is 0 Å². The molecule has 1 atom stereocenters. The predicted molar refractivity (Wildman–Crippen MR) is 53.1 cm³/mol. The highest BCUT2D eigenvalue weighted by molar-refractivity contribution is 6.04. The second kappa shape index (κ2) is 3.48. The fourth-order valence-electron chi connectivity index (χ4n) is 1.33. The van der Waals surface area contributed by atoms with Gasteiger partial charge in [-0.05, 0) is 39.5 Å². The summed E-state index contributed by atoms with van der Waals surface area (Å²) in [7, 11) is 0. The summed E-state index contributed by atoms with van der Waals surface area (Å²) in [5.74, 6) is -2.44. The standard InChI is InChI=1S/C10H17NO4/c1-9(2,3)15-8(14)10(11,7(12)13)6-4-5-6/h6H,4-5,11H2,1-3H3,(H,12,13)/t10-/m0/s1. The number of nitrogens with two attached hydrogens (primary N) is 1. The molecule has 3 N–H and O–H groups in total. The van der Waals surface area contributed by atoms with E-state index in [9.17, 15) is 9.59 Å². The zero-order valence-electron chi connectivity index (χ0n) is 9.24. The van der Waals surface area contributed by atoms with Gasteiger partial charge in [0, 0.05) is 0 Å². The van der Waals surface area contributed by atoms with Crippen LogP contribution in [-0.2, 0) is 14.3 Å². The Balaban J connectivity index is 2.81. The highest BCUT2D eigenvalue weighted by Crippen LogP contribution is 2.39. The first-order valence-electron chi connectivity index (χ1n) is 4.93. The summed E-state index contributed by atoms with van der Waals surface area (Å²) in [5, 5.41) is 8.98. The lowest BCUT2D eigenvalue weighted by Gasteiger charge is -2.27. The number of aliphatic carboxylic acids is 1. The third-order valence-electron chi connectivity index (χ3n) is 2.31. The molecule has 1 aliphatic carbocycles. The summed E-state index contributed by atoms with van der Waals surface area (Å²) < 4.78 is 5.02. The number of carboxylic acids is 1. The highest BCUT2D eigenvalue weighted by atomic mass is 16.6. The van der Waals surface area contributed by atoms with E-state index in [-0.39, 0.29) is 5.92 Å². The maximum atomic E-state index is 11.7. The van der Waals surface area contributed by atoms with Crippen molar-refractivity contribution >= 4 is 11.9 Å². The molecule has 0 aromatic carbocycles. The van der Waals surface area contributed by atoms with Crippen LogP contribution in [0.5, 0.6) is 0 Å². The molecule has 0 radical (unpaired) electrons. The van der Waals surface area contributed by atoms with Crippen LogP contribution in [0, 0.1) is 5.92 Å². The summed E-state index contributed by atoms with van der Waals surface area (Å²) in [6.07, 6.45) is 1.34. The van der Waals surface area contributed by atoms with Crippen molar-refractivity contribution in [1.82, 2.24) is 0 Å². The maximum absolute atomic E-state index is 11.7. The summed E-state index contributed by atoms with van der Waals surface area (Å²) >= 11 is 0. The zero-order valence-corrected chi connectivity index (χ0v) is 9.24. The van der Waals surface area contributed by atoms with Crippen LogP contribution in [0.15, 0.2) is 0 Å². The van der Waals surface area contributed by atoms with Gasteiger partial charge in [0.15, 0.2) is 0 Å². The Morgan fingerprint density at radius 1 is 1.33 bits per heavy atom. The van der Waals surface area contributed by atoms with Crippen molar-refractivity contribution in [1.29, 1.82) is 0 Å². The second-order valence-corrected chi connectivity index (χ2v) is 4.95.